The van der Waals surface area contributed by atoms with Crippen molar-refractivity contribution < 1.29 is 23.1 Å². The van der Waals surface area contributed by atoms with Crippen molar-refractivity contribution in [3.05, 3.63) is 70.4 Å². The molecule has 1 unspecified atom stereocenters. The maximum Gasteiger partial charge on any atom is 0.435 e. The van der Waals surface area contributed by atoms with Crippen LogP contribution in [0.3, 0.4) is 0 Å². The average Bonchev–Trinajstić information content (AvgIpc) is 3.14. The molecule has 31 heavy (non-hydrogen) atoms. The predicted octanol–water partition coefficient (Wildman–Crippen LogP) is 5.92. The molecular weight excluding hydrogens is 431 g/mol. The van der Waals surface area contributed by atoms with Crippen LogP contribution in [0.4, 0.5) is 13.2 Å². The van der Waals surface area contributed by atoms with Crippen molar-refractivity contribution in [1.82, 2.24) is 14.7 Å². The maximum absolute atomic E-state index is 13.5. The second-order valence-electron chi connectivity index (χ2n) is 7.27. The number of nitrogens with zero attached hydrogens (tertiary/aromatic N) is 3. The molecule has 1 heterocycles. The summed E-state index contributed by atoms with van der Waals surface area (Å²) < 4.78 is 41.8. The van der Waals surface area contributed by atoms with Gasteiger partial charge in [0.1, 0.15) is 0 Å². The molecule has 5 nitrogen and oxygen atoms in total. The van der Waals surface area contributed by atoms with E-state index in [1.165, 1.54) is 18.2 Å². The third kappa shape index (κ3) is 4.60. The SMILES string of the molecule is CCC(c1cc(C(=O)O)ccc1-c1cc(C(F)(F)F)nn1-c1ccccc1Cl)N(C)C. The number of rotatable bonds is 6. The number of aromatic nitrogens is 2. The summed E-state index contributed by atoms with van der Waals surface area (Å²) in [5, 5.41) is 13.5. The zero-order chi connectivity index (χ0) is 22.9. The highest BCUT2D eigenvalue weighted by molar-refractivity contribution is 6.32. The van der Waals surface area contributed by atoms with Crippen LogP contribution in [-0.4, -0.2) is 39.9 Å². The Labute approximate surface area is 182 Å². The molecule has 3 aromatic rings. The molecule has 0 aliphatic carbocycles. The Morgan fingerprint density at radius 1 is 1.19 bits per heavy atom. The number of alkyl halides is 3. The lowest BCUT2D eigenvalue weighted by molar-refractivity contribution is -0.141. The van der Waals surface area contributed by atoms with Gasteiger partial charge in [0.25, 0.3) is 0 Å². The number of para-hydroxylation sites is 1. The molecule has 0 amide bonds. The summed E-state index contributed by atoms with van der Waals surface area (Å²) in [6, 6.07) is 11.6. The van der Waals surface area contributed by atoms with Gasteiger partial charge in [0, 0.05) is 11.6 Å². The van der Waals surface area contributed by atoms with E-state index in [2.05, 4.69) is 5.10 Å². The van der Waals surface area contributed by atoms with E-state index in [1.807, 2.05) is 25.9 Å². The first kappa shape index (κ1) is 22.8. The van der Waals surface area contributed by atoms with Crippen molar-refractivity contribution in [1.29, 1.82) is 0 Å². The first-order chi connectivity index (χ1) is 14.5. The van der Waals surface area contributed by atoms with E-state index in [4.69, 9.17) is 11.6 Å². The van der Waals surface area contributed by atoms with Crippen molar-refractivity contribution in [3.8, 4) is 16.9 Å². The van der Waals surface area contributed by atoms with Crippen molar-refractivity contribution >= 4 is 17.6 Å². The summed E-state index contributed by atoms with van der Waals surface area (Å²) in [7, 11) is 3.66. The van der Waals surface area contributed by atoms with Crippen molar-refractivity contribution in [2.24, 2.45) is 0 Å². The van der Waals surface area contributed by atoms with E-state index < -0.39 is 17.8 Å². The first-order valence-electron chi connectivity index (χ1n) is 9.50. The Hall–Kier alpha value is -2.84. The van der Waals surface area contributed by atoms with Gasteiger partial charge in [-0.15, -0.1) is 0 Å². The topological polar surface area (TPSA) is 58.4 Å². The monoisotopic (exact) mass is 451 g/mol. The average molecular weight is 452 g/mol. The Morgan fingerprint density at radius 3 is 2.42 bits per heavy atom. The lowest BCUT2D eigenvalue weighted by atomic mass is 9.93. The Balaban J connectivity index is 2.35. The number of hydrogen-bond donors (Lipinski definition) is 1. The van der Waals surface area contributed by atoms with Crippen LogP contribution in [0.15, 0.2) is 48.5 Å². The van der Waals surface area contributed by atoms with Crippen LogP contribution in [0.25, 0.3) is 16.9 Å². The van der Waals surface area contributed by atoms with Gasteiger partial charge in [0.05, 0.1) is 22.0 Å². The van der Waals surface area contributed by atoms with Crippen molar-refractivity contribution in [3.63, 3.8) is 0 Å². The fourth-order valence-electron chi connectivity index (χ4n) is 3.59. The number of carboxylic acids is 1. The van der Waals surface area contributed by atoms with Gasteiger partial charge in [-0.3, -0.25) is 0 Å². The third-order valence-corrected chi connectivity index (χ3v) is 5.34. The van der Waals surface area contributed by atoms with Gasteiger partial charge in [-0.05, 0) is 56.4 Å². The van der Waals surface area contributed by atoms with Crippen LogP contribution in [0.1, 0.15) is 41.0 Å². The minimum atomic E-state index is -4.66. The normalized spacial score (nSPS) is 12.9. The number of carboxylic acid groups (broad SMARTS) is 1. The van der Waals surface area contributed by atoms with Gasteiger partial charge in [-0.2, -0.15) is 18.3 Å². The van der Waals surface area contributed by atoms with E-state index in [0.717, 1.165) is 10.7 Å². The summed E-state index contributed by atoms with van der Waals surface area (Å²) in [4.78, 5) is 13.4. The number of halogens is 4. The summed E-state index contributed by atoms with van der Waals surface area (Å²) in [5.74, 6) is -1.11. The molecule has 0 aliphatic rings. The van der Waals surface area contributed by atoms with Crippen LogP contribution in [-0.2, 0) is 6.18 Å². The molecule has 164 valence electrons. The lowest BCUT2D eigenvalue weighted by Gasteiger charge is -2.26. The van der Waals surface area contributed by atoms with E-state index in [9.17, 15) is 23.1 Å². The van der Waals surface area contributed by atoms with Crippen LogP contribution < -0.4 is 0 Å². The summed E-state index contributed by atoms with van der Waals surface area (Å²) in [5.41, 5.74) is 0.503. The van der Waals surface area contributed by atoms with Crippen LogP contribution in [0.5, 0.6) is 0 Å². The second kappa shape index (κ2) is 8.72. The largest absolute Gasteiger partial charge is 0.478 e. The van der Waals surface area contributed by atoms with E-state index >= 15 is 0 Å². The van der Waals surface area contributed by atoms with E-state index in [1.54, 1.807) is 24.3 Å². The molecule has 0 spiro atoms. The maximum atomic E-state index is 13.5. The molecule has 0 saturated heterocycles. The molecule has 0 bridgehead atoms. The van der Waals surface area contributed by atoms with Crippen LogP contribution in [0, 0.1) is 0 Å². The quantitative estimate of drug-likeness (QED) is 0.505. The summed E-state index contributed by atoms with van der Waals surface area (Å²) >= 11 is 6.26. The standard InChI is InChI=1S/C22H21ClF3N3O2/c1-4-17(28(2)3)15-11-13(21(30)31)9-10-14(15)19-12-20(22(24,25)26)27-29(19)18-8-6-5-7-16(18)23/h5-12,17H,4H2,1-3H3,(H,30,31). The highest BCUT2D eigenvalue weighted by atomic mass is 35.5. The van der Waals surface area contributed by atoms with Gasteiger partial charge in [-0.1, -0.05) is 36.7 Å². The van der Waals surface area contributed by atoms with E-state index in [0.29, 0.717) is 23.2 Å². The smallest absolute Gasteiger partial charge is 0.435 e. The first-order valence-corrected chi connectivity index (χ1v) is 9.88. The van der Waals surface area contributed by atoms with E-state index in [-0.39, 0.29) is 22.3 Å². The Bertz CT molecular complexity index is 1110. The predicted molar refractivity (Wildman–Crippen MR) is 113 cm³/mol. The zero-order valence-corrected chi connectivity index (χ0v) is 17.9. The number of hydrogen-bond acceptors (Lipinski definition) is 3. The van der Waals surface area contributed by atoms with Gasteiger partial charge < -0.3 is 10.0 Å². The fraction of sp³-hybridized carbons (Fsp3) is 0.273. The highest BCUT2D eigenvalue weighted by Gasteiger charge is 2.36. The van der Waals surface area contributed by atoms with Gasteiger partial charge in [0.15, 0.2) is 5.69 Å². The molecule has 1 aromatic heterocycles. The minimum Gasteiger partial charge on any atom is -0.478 e. The second-order valence-corrected chi connectivity index (χ2v) is 7.68. The van der Waals surface area contributed by atoms with Crippen molar-refractivity contribution in [2.75, 3.05) is 14.1 Å². The Morgan fingerprint density at radius 2 is 1.87 bits per heavy atom. The molecule has 1 N–H and O–H groups in total. The fourth-order valence-corrected chi connectivity index (χ4v) is 3.80. The number of carbonyl (C=O) groups is 1. The molecule has 0 aliphatic heterocycles. The van der Waals surface area contributed by atoms with Crippen LogP contribution >= 0.6 is 11.6 Å². The molecule has 1 atom stereocenters. The highest BCUT2D eigenvalue weighted by Crippen LogP contribution is 2.38. The summed E-state index contributed by atoms with van der Waals surface area (Å²) in [6.45, 7) is 1.92. The number of benzene rings is 2. The van der Waals surface area contributed by atoms with Crippen molar-refractivity contribution in [2.45, 2.75) is 25.6 Å². The number of aromatic carboxylic acids is 1. The van der Waals surface area contributed by atoms with Crippen LogP contribution in [0.2, 0.25) is 5.02 Å². The molecular formula is C22H21ClF3N3O2. The van der Waals surface area contributed by atoms with Gasteiger partial charge in [-0.25, -0.2) is 9.48 Å². The molecule has 2 aromatic carbocycles. The molecule has 0 radical (unpaired) electrons. The molecule has 9 heteroatoms. The van der Waals surface area contributed by atoms with Gasteiger partial charge >= 0.3 is 12.1 Å². The summed E-state index contributed by atoms with van der Waals surface area (Å²) in [6.07, 6.45) is -4.04. The minimum absolute atomic E-state index is 0.0545. The van der Waals surface area contributed by atoms with Gasteiger partial charge in [0.2, 0.25) is 0 Å². The third-order valence-electron chi connectivity index (χ3n) is 5.02. The Kier molecular flexibility index (Phi) is 6.43. The molecule has 0 fully saturated rings. The zero-order valence-electron chi connectivity index (χ0n) is 17.1. The molecule has 0 saturated carbocycles. The molecule has 3 rings (SSSR count). The lowest BCUT2D eigenvalue weighted by Crippen LogP contribution is -2.20.